The summed E-state index contributed by atoms with van der Waals surface area (Å²) in [6.07, 6.45) is 6.22. The predicted octanol–water partition coefficient (Wildman–Crippen LogP) is 1.75. The Balaban J connectivity index is 1.97. The maximum absolute atomic E-state index is 12.5. The third-order valence-electron chi connectivity index (χ3n) is 4.52. The van der Waals surface area contributed by atoms with Crippen molar-refractivity contribution in [2.45, 2.75) is 56.7 Å². The molecule has 19 heavy (non-hydrogen) atoms. The molecular weight excluding hydrogens is 262 g/mol. The standard InChI is InChI=1S/C14H27NO3S/c1-2-15-14(12-5-3-4-6-12)11-19(16,17)13-7-9-18-10-8-13/h12-15H,2-11H2,1H3. The Hall–Kier alpha value is -0.130. The van der Waals surface area contributed by atoms with Crippen LogP contribution in [-0.4, -0.2) is 45.2 Å². The molecule has 0 spiro atoms. The Labute approximate surface area is 117 Å². The highest BCUT2D eigenvalue weighted by Gasteiger charge is 2.33. The van der Waals surface area contributed by atoms with Gasteiger partial charge < -0.3 is 10.1 Å². The van der Waals surface area contributed by atoms with Gasteiger partial charge in [0.15, 0.2) is 9.84 Å². The summed E-state index contributed by atoms with van der Waals surface area (Å²) in [5, 5.41) is 3.23. The van der Waals surface area contributed by atoms with E-state index in [-0.39, 0.29) is 11.3 Å². The van der Waals surface area contributed by atoms with Gasteiger partial charge >= 0.3 is 0 Å². The van der Waals surface area contributed by atoms with Crippen LogP contribution in [0.4, 0.5) is 0 Å². The molecule has 1 heterocycles. The Kier molecular flexibility index (Phi) is 5.66. The maximum atomic E-state index is 12.5. The number of hydrogen-bond donors (Lipinski definition) is 1. The van der Waals surface area contributed by atoms with Gasteiger partial charge in [0.2, 0.25) is 0 Å². The van der Waals surface area contributed by atoms with Gasteiger partial charge in [0.25, 0.3) is 0 Å². The van der Waals surface area contributed by atoms with Gasteiger partial charge in [-0.05, 0) is 38.1 Å². The molecule has 0 aromatic rings. The first kappa shape index (κ1) is 15.3. The van der Waals surface area contributed by atoms with E-state index in [0.29, 0.717) is 37.7 Å². The van der Waals surface area contributed by atoms with Crippen LogP contribution in [0.3, 0.4) is 0 Å². The largest absolute Gasteiger partial charge is 0.381 e. The van der Waals surface area contributed by atoms with Gasteiger partial charge in [-0.1, -0.05) is 19.8 Å². The summed E-state index contributed by atoms with van der Waals surface area (Å²) in [5.41, 5.74) is 0. The highest BCUT2D eigenvalue weighted by atomic mass is 32.2. The zero-order valence-corrected chi connectivity index (χ0v) is 12.8. The van der Waals surface area contributed by atoms with Crippen molar-refractivity contribution in [3.63, 3.8) is 0 Å². The van der Waals surface area contributed by atoms with Crippen LogP contribution in [0.2, 0.25) is 0 Å². The third kappa shape index (κ3) is 4.17. The van der Waals surface area contributed by atoms with Crippen molar-refractivity contribution in [3.8, 4) is 0 Å². The van der Waals surface area contributed by atoms with E-state index in [1.165, 1.54) is 25.7 Å². The van der Waals surface area contributed by atoms with E-state index >= 15 is 0 Å². The Morgan fingerprint density at radius 3 is 2.37 bits per heavy atom. The van der Waals surface area contributed by atoms with Gasteiger partial charge in [-0.25, -0.2) is 8.42 Å². The van der Waals surface area contributed by atoms with Gasteiger partial charge in [0, 0.05) is 19.3 Å². The summed E-state index contributed by atoms with van der Waals surface area (Å²) < 4.78 is 30.3. The van der Waals surface area contributed by atoms with Crippen LogP contribution in [0.5, 0.6) is 0 Å². The lowest BCUT2D eigenvalue weighted by Gasteiger charge is -2.28. The zero-order valence-electron chi connectivity index (χ0n) is 11.9. The van der Waals surface area contributed by atoms with Crippen LogP contribution in [0.1, 0.15) is 45.4 Å². The lowest BCUT2D eigenvalue weighted by molar-refractivity contribution is 0.0983. The lowest BCUT2D eigenvalue weighted by Crippen LogP contribution is -2.44. The van der Waals surface area contributed by atoms with Crippen LogP contribution in [0.15, 0.2) is 0 Å². The second-order valence-corrected chi connectivity index (χ2v) is 8.18. The minimum Gasteiger partial charge on any atom is -0.381 e. The molecule has 0 amide bonds. The number of rotatable bonds is 6. The molecule has 2 fully saturated rings. The van der Waals surface area contributed by atoms with E-state index in [1.54, 1.807) is 0 Å². The number of nitrogens with one attached hydrogen (secondary N) is 1. The van der Waals surface area contributed by atoms with E-state index in [2.05, 4.69) is 12.2 Å². The molecule has 5 heteroatoms. The average Bonchev–Trinajstić information content (AvgIpc) is 2.93. The Morgan fingerprint density at radius 2 is 1.79 bits per heavy atom. The molecule has 1 saturated heterocycles. The summed E-state index contributed by atoms with van der Waals surface area (Å²) in [6, 6.07) is 0.153. The molecule has 0 aromatic carbocycles. The minimum atomic E-state index is -2.98. The van der Waals surface area contributed by atoms with Crippen LogP contribution in [0.25, 0.3) is 0 Å². The Bertz CT molecular complexity index is 357. The molecule has 1 atom stereocenters. The van der Waals surface area contributed by atoms with E-state index in [4.69, 9.17) is 4.74 Å². The van der Waals surface area contributed by atoms with Gasteiger partial charge in [-0.2, -0.15) is 0 Å². The second-order valence-electron chi connectivity index (χ2n) is 5.85. The van der Waals surface area contributed by atoms with Crippen molar-refractivity contribution in [2.75, 3.05) is 25.5 Å². The van der Waals surface area contributed by atoms with Crippen LogP contribution in [0, 0.1) is 5.92 Å². The smallest absolute Gasteiger partial charge is 0.154 e. The fraction of sp³-hybridized carbons (Fsp3) is 1.00. The molecule has 0 aromatic heterocycles. The van der Waals surface area contributed by atoms with Crippen LogP contribution in [-0.2, 0) is 14.6 Å². The number of ether oxygens (including phenoxy) is 1. The summed E-state index contributed by atoms with van der Waals surface area (Å²) in [5.74, 6) is 0.866. The van der Waals surface area contributed by atoms with E-state index in [0.717, 1.165) is 6.54 Å². The van der Waals surface area contributed by atoms with E-state index < -0.39 is 9.84 Å². The topological polar surface area (TPSA) is 55.4 Å². The Morgan fingerprint density at radius 1 is 1.16 bits per heavy atom. The van der Waals surface area contributed by atoms with Crippen molar-refractivity contribution in [1.82, 2.24) is 5.32 Å². The molecule has 4 nitrogen and oxygen atoms in total. The molecule has 1 N–H and O–H groups in total. The molecule has 0 radical (unpaired) electrons. The van der Waals surface area contributed by atoms with Gasteiger partial charge in [-0.15, -0.1) is 0 Å². The fourth-order valence-electron chi connectivity index (χ4n) is 3.41. The molecule has 1 aliphatic carbocycles. The molecule has 1 aliphatic heterocycles. The van der Waals surface area contributed by atoms with Crippen molar-refractivity contribution in [3.05, 3.63) is 0 Å². The molecule has 2 aliphatic rings. The summed E-state index contributed by atoms with van der Waals surface area (Å²) >= 11 is 0. The normalized spacial score (nSPS) is 24.7. The first-order chi connectivity index (χ1) is 9.13. The van der Waals surface area contributed by atoms with E-state index in [1.807, 2.05) is 0 Å². The lowest BCUT2D eigenvalue weighted by atomic mass is 10.00. The molecule has 0 bridgehead atoms. The minimum absolute atomic E-state index is 0.153. The summed E-state index contributed by atoms with van der Waals surface area (Å²) in [6.45, 7) is 4.10. The second kappa shape index (κ2) is 7.04. The summed E-state index contributed by atoms with van der Waals surface area (Å²) in [7, 11) is -2.98. The highest BCUT2D eigenvalue weighted by molar-refractivity contribution is 7.92. The fourth-order valence-corrected chi connectivity index (χ4v) is 5.48. The molecule has 2 rings (SSSR count). The third-order valence-corrected chi connectivity index (χ3v) is 6.83. The van der Waals surface area contributed by atoms with Gasteiger partial charge in [0.1, 0.15) is 0 Å². The molecule has 112 valence electrons. The highest BCUT2D eigenvalue weighted by Crippen LogP contribution is 2.29. The van der Waals surface area contributed by atoms with Crippen LogP contribution < -0.4 is 5.32 Å². The first-order valence-corrected chi connectivity index (χ1v) is 9.37. The predicted molar refractivity (Wildman–Crippen MR) is 77.1 cm³/mol. The van der Waals surface area contributed by atoms with E-state index in [9.17, 15) is 8.42 Å². The summed E-state index contributed by atoms with van der Waals surface area (Å²) in [4.78, 5) is 0. The van der Waals surface area contributed by atoms with Crippen molar-refractivity contribution >= 4 is 9.84 Å². The van der Waals surface area contributed by atoms with Gasteiger partial charge in [-0.3, -0.25) is 0 Å². The van der Waals surface area contributed by atoms with Crippen molar-refractivity contribution < 1.29 is 13.2 Å². The van der Waals surface area contributed by atoms with Crippen molar-refractivity contribution in [2.24, 2.45) is 5.92 Å². The van der Waals surface area contributed by atoms with Crippen LogP contribution >= 0.6 is 0 Å². The zero-order chi connectivity index (χ0) is 13.7. The molecule has 1 unspecified atom stereocenters. The van der Waals surface area contributed by atoms with Gasteiger partial charge in [0.05, 0.1) is 11.0 Å². The molecular formula is C14H27NO3S. The SMILES string of the molecule is CCNC(CS(=O)(=O)C1CCOCC1)C1CCCC1. The maximum Gasteiger partial charge on any atom is 0.154 e. The first-order valence-electron chi connectivity index (χ1n) is 7.66. The van der Waals surface area contributed by atoms with Crippen molar-refractivity contribution in [1.29, 1.82) is 0 Å². The monoisotopic (exact) mass is 289 g/mol. The average molecular weight is 289 g/mol. The number of hydrogen-bond acceptors (Lipinski definition) is 4. The number of sulfone groups is 1. The molecule has 1 saturated carbocycles. The quantitative estimate of drug-likeness (QED) is 0.809.